The molecule has 3 amide bonds. The molecule has 0 aromatic carbocycles. The summed E-state index contributed by atoms with van der Waals surface area (Å²) in [6.07, 6.45) is -0.00206. The SMILES string of the molecule is CC(C)CC(NC(=O)C(N)CCC(=O)O)C(=O)NC(CCCCN)C(=O)NC(CCC(=O)O)C(=O)O. The minimum Gasteiger partial charge on any atom is -0.481 e. The molecule has 0 radical (unpaired) electrons. The van der Waals surface area contributed by atoms with Crippen molar-refractivity contribution in [2.24, 2.45) is 17.4 Å². The summed E-state index contributed by atoms with van der Waals surface area (Å²) in [5.41, 5.74) is 11.2. The number of nitrogens with one attached hydrogen (secondary N) is 3. The number of hydrogen-bond acceptors (Lipinski definition) is 8. The van der Waals surface area contributed by atoms with Crippen LogP contribution in [-0.4, -0.2) is 81.7 Å². The van der Waals surface area contributed by atoms with Crippen molar-refractivity contribution in [3.8, 4) is 0 Å². The second-order valence-corrected chi connectivity index (χ2v) is 8.91. The maximum Gasteiger partial charge on any atom is 0.326 e. The van der Waals surface area contributed by atoms with Gasteiger partial charge in [0.1, 0.15) is 18.1 Å². The van der Waals surface area contributed by atoms with E-state index < -0.39 is 66.2 Å². The highest BCUT2D eigenvalue weighted by Gasteiger charge is 2.30. The van der Waals surface area contributed by atoms with E-state index in [2.05, 4.69) is 16.0 Å². The van der Waals surface area contributed by atoms with E-state index >= 15 is 0 Å². The van der Waals surface area contributed by atoms with Crippen LogP contribution in [0.3, 0.4) is 0 Å². The van der Waals surface area contributed by atoms with Gasteiger partial charge >= 0.3 is 17.9 Å². The molecule has 0 saturated heterocycles. The average Bonchev–Trinajstić information content (AvgIpc) is 2.77. The number of unbranched alkanes of at least 4 members (excludes halogenated alkanes) is 1. The first-order valence-electron chi connectivity index (χ1n) is 11.8. The van der Waals surface area contributed by atoms with Crippen LogP contribution in [0, 0.1) is 5.92 Å². The molecule has 0 aromatic rings. The van der Waals surface area contributed by atoms with Gasteiger partial charge in [0, 0.05) is 12.8 Å². The second-order valence-electron chi connectivity index (χ2n) is 8.91. The third-order valence-electron chi connectivity index (χ3n) is 5.19. The number of amides is 3. The van der Waals surface area contributed by atoms with Crippen LogP contribution in [-0.2, 0) is 28.8 Å². The molecule has 0 aromatic heterocycles. The molecule has 36 heavy (non-hydrogen) atoms. The lowest BCUT2D eigenvalue weighted by atomic mass is 10.0. The number of rotatable bonds is 19. The first kappa shape index (κ1) is 32.7. The van der Waals surface area contributed by atoms with E-state index in [0.29, 0.717) is 19.4 Å². The molecule has 0 saturated carbocycles. The zero-order valence-corrected chi connectivity index (χ0v) is 20.7. The second kappa shape index (κ2) is 17.2. The van der Waals surface area contributed by atoms with Gasteiger partial charge in [-0.25, -0.2) is 4.79 Å². The molecular weight excluding hydrogens is 478 g/mol. The molecule has 4 atom stereocenters. The Bertz CT molecular complexity index is 775. The highest BCUT2D eigenvalue weighted by atomic mass is 16.4. The van der Waals surface area contributed by atoms with Crippen molar-refractivity contribution in [2.75, 3.05) is 6.54 Å². The molecule has 0 heterocycles. The van der Waals surface area contributed by atoms with Crippen molar-refractivity contribution in [1.82, 2.24) is 16.0 Å². The average molecular weight is 518 g/mol. The number of carboxylic acid groups (broad SMARTS) is 3. The number of carbonyl (C=O) groups is 6. The number of carbonyl (C=O) groups excluding carboxylic acids is 3. The van der Waals surface area contributed by atoms with Gasteiger partial charge in [0.05, 0.1) is 6.04 Å². The van der Waals surface area contributed by atoms with Gasteiger partial charge in [-0.3, -0.25) is 24.0 Å². The predicted molar refractivity (Wildman–Crippen MR) is 128 cm³/mol. The lowest BCUT2D eigenvalue weighted by molar-refractivity contribution is -0.143. The van der Waals surface area contributed by atoms with Crippen LogP contribution in [0.4, 0.5) is 0 Å². The summed E-state index contributed by atoms with van der Waals surface area (Å²) in [5.74, 6) is -6.05. The van der Waals surface area contributed by atoms with E-state index in [-0.39, 0.29) is 38.0 Å². The summed E-state index contributed by atoms with van der Waals surface area (Å²) in [7, 11) is 0. The molecule has 10 N–H and O–H groups in total. The van der Waals surface area contributed by atoms with E-state index in [1.54, 1.807) is 0 Å². The molecule has 4 unspecified atom stereocenters. The highest BCUT2D eigenvalue weighted by molar-refractivity contribution is 5.94. The van der Waals surface area contributed by atoms with Gasteiger partial charge < -0.3 is 42.7 Å². The van der Waals surface area contributed by atoms with Crippen LogP contribution in [0.15, 0.2) is 0 Å². The Morgan fingerprint density at radius 2 is 1.19 bits per heavy atom. The molecule has 206 valence electrons. The lowest BCUT2D eigenvalue weighted by Crippen LogP contribution is -2.57. The van der Waals surface area contributed by atoms with Crippen molar-refractivity contribution in [1.29, 1.82) is 0 Å². The van der Waals surface area contributed by atoms with Gasteiger partial charge in [0.15, 0.2) is 0 Å². The molecule has 14 heteroatoms. The maximum absolute atomic E-state index is 13.0. The van der Waals surface area contributed by atoms with Gasteiger partial charge in [0.25, 0.3) is 0 Å². The smallest absolute Gasteiger partial charge is 0.326 e. The molecule has 14 nitrogen and oxygen atoms in total. The molecule has 0 spiro atoms. The van der Waals surface area contributed by atoms with Gasteiger partial charge in [-0.2, -0.15) is 0 Å². The zero-order valence-electron chi connectivity index (χ0n) is 20.7. The third-order valence-corrected chi connectivity index (χ3v) is 5.19. The largest absolute Gasteiger partial charge is 0.481 e. The summed E-state index contributed by atoms with van der Waals surface area (Å²) in [6, 6.07) is -4.87. The number of carboxylic acids is 3. The standard InChI is InChI=1S/C22H39N5O9/c1-12(2)11-16(27-19(32)13(24)6-8-17(28)29)21(34)25-14(5-3-4-10-23)20(33)26-15(22(35)36)7-9-18(30)31/h12-16H,3-11,23-24H2,1-2H3,(H,25,34)(H,26,33)(H,27,32)(H,28,29)(H,30,31)(H,35,36). The van der Waals surface area contributed by atoms with Gasteiger partial charge in [0.2, 0.25) is 17.7 Å². The number of aliphatic carboxylic acids is 3. The fourth-order valence-electron chi connectivity index (χ4n) is 3.22. The van der Waals surface area contributed by atoms with Crippen molar-refractivity contribution < 1.29 is 44.1 Å². The lowest BCUT2D eigenvalue weighted by Gasteiger charge is -2.26. The highest BCUT2D eigenvalue weighted by Crippen LogP contribution is 2.09. The Morgan fingerprint density at radius 3 is 1.69 bits per heavy atom. The van der Waals surface area contributed by atoms with Gasteiger partial charge in [-0.15, -0.1) is 0 Å². The van der Waals surface area contributed by atoms with Crippen LogP contribution in [0.5, 0.6) is 0 Å². The molecule has 0 rings (SSSR count). The van der Waals surface area contributed by atoms with E-state index in [1.165, 1.54) is 0 Å². The Hall–Kier alpha value is -3.26. The van der Waals surface area contributed by atoms with E-state index in [1.807, 2.05) is 13.8 Å². The monoisotopic (exact) mass is 517 g/mol. The first-order chi connectivity index (χ1) is 16.8. The summed E-state index contributed by atoms with van der Waals surface area (Å²) >= 11 is 0. The quantitative estimate of drug-likeness (QED) is 0.0940. The summed E-state index contributed by atoms with van der Waals surface area (Å²) in [5, 5.41) is 34.2. The molecule has 0 fully saturated rings. The Kier molecular flexibility index (Phi) is 15.7. The summed E-state index contributed by atoms with van der Waals surface area (Å²) in [6.45, 7) is 3.95. The molecule has 0 bridgehead atoms. The van der Waals surface area contributed by atoms with Crippen molar-refractivity contribution in [2.45, 2.75) is 89.4 Å². The normalized spacial score (nSPS) is 14.2. The predicted octanol–water partition coefficient (Wildman–Crippen LogP) is -1.24. The molecule has 0 aliphatic rings. The minimum atomic E-state index is -1.47. The molecule has 0 aliphatic heterocycles. The van der Waals surface area contributed by atoms with Crippen LogP contribution < -0.4 is 27.4 Å². The van der Waals surface area contributed by atoms with Crippen LogP contribution in [0.25, 0.3) is 0 Å². The van der Waals surface area contributed by atoms with E-state index in [0.717, 1.165) is 0 Å². The van der Waals surface area contributed by atoms with Gasteiger partial charge in [-0.1, -0.05) is 13.8 Å². The Balaban J connectivity index is 5.51. The zero-order chi connectivity index (χ0) is 27.8. The summed E-state index contributed by atoms with van der Waals surface area (Å²) in [4.78, 5) is 71.2. The van der Waals surface area contributed by atoms with Crippen LogP contribution in [0.1, 0.15) is 65.2 Å². The van der Waals surface area contributed by atoms with Crippen LogP contribution in [0.2, 0.25) is 0 Å². The van der Waals surface area contributed by atoms with Crippen molar-refractivity contribution in [3.63, 3.8) is 0 Å². The third kappa shape index (κ3) is 14.2. The minimum absolute atomic E-state index is 0.0479. The molecular formula is C22H39N5O9. The first-order valence-corrected chi connectivity index (χ1v) is 11.8. The number of hydrogen-bond donors (Lipinski definition) is 8. The Morgan fingerprint density at radius 1 is 0.694 bits per heavy atom. The van der Waals surface area contributed by atoms with Crippen molar-refractivity contribution in [3.05, 3.63) is 0 Å². The van der Waals surface area contributed by atoms with Crippen molar-refractivity contribution >= 4 is 35.6 Å². The van der Waals surface area contributed by atoms with E-state index in [4.69, 9.17) is 21.7 Å². The number of nitrogens with two attached hydrogens (primary N) is 2. The Labute approximate surface area is 209 Å². The summed E-state index contributed by atoms with van der Waals surface area (Å²) < 4.78 is 0. The molecule has 0 aliphatic carbocycles. The maximum atomic E-state index is 13.0. The van der Waals surface area contributed by atoms with Crippen LogP contribution >= 0.6 is 0 Å². The fraction of sp³-hybridized carbons (Fsp3) is 0.727. The fourth-order valence-corrected chi connectivity index (χ4v) is 3.22. The van der Waals surface area contributed by atoms with Gasteiger partial charge in [-0.05, 0) is 51.0 Å². The topological polar surface area (TPSA) is 251 Å². The van der Waals surface area contributed by atoms with E-state index in [9.17, 15) is 33.9 Å².